The maximum Gasteiger partial charge on any atom is 0.279 e. The third-order valence-corrected chi connectivity index (χ3v) is 0.768. The van der Waals surface area contributed by atoms with Gasteiger partial charge in [-0.2, -0.15) is 0 Å². The van der Waals surface area contributed by atoms with Gasteiger partial charge in [-0.05, 0) is 0 Å². The van der Waals surface area contributed by atoms with Gasteiger partial charge in [-0.1, -0.05) is 0 Å². The van der Waals surface area contributed by atoms with Gasteiger partial charge in [0.1, 0.15) is 0 Å². The summed E-state index contributed by atoms with van der Waals surface area (Å²) in [4.78, 5) is 0. The first-order valence-corrected chi connectivity index (χ1v) is 1.66. The van der Waals surface area contributed by atoms with Crippen LogP contribution in [0.5, 0.6) is 0 Å². The summed E-state index contributed by atoms with van der Waals surface area (Å²) in [6.45, 7) is 0. The number of hydrogen-bond donors (Lipinski definition) is 0. The maximum atomic E-state index is 11.2. The number of halogens is 2. The lowest BCUT2D eigenvalue weighted by Gasteiger charge is -1.79. The zero-order chi connectivity index (χ0) is 4.78. The van der Waals surface area contributed by atoms with Crippen molar-refractivity contribution >= 4 is 0 Å². The molecule has 1 nitrogen and oxygen atoms in total. The predicted molar refractivity (Wildman–Crippen MR) is 14.0 cm³/mol. The summed E-state index contributed by atoms with van der Waals surface area (Å²) in [7, 11) is 0. The van der Waals surface area contributed by atoms with Crippen molar-refractivity contribution in [3.8, 4) is 0 Å². The van der Waals surface area contributed by atoms with Crippen molar-refractivity contribution < 1.29 is 13.9 Å². The lowest BCUT2D eigenvalue weighted by molar-refractivity contribution is 0.0269. The van der Waals surface area contributed by atoms with Crippen LogP contribution in [0.15, 0.2) is 0 Å². The first kappa shape index (κ1) is 3.99. The van der Waals surface area contributed by atoms with E-state index in [4.69, 9.17) is 0 Å². The normalized spacial score (nSPS) is 39.5. The van der Waals surface area contributed by atoms with Gasteiger partial charge in [0.05, 0.1) is 0 Å². The van der Waals surface area contributed by atoms with Gasteiger partial charge < -0.3 is 0 Å². The molecule has 1 unspecified atom stereocenters. The van der Waals surface area contributed by atoms with E-state index < -0.39 is 18.4 Å². The van der Waals surface area contributed by atoms with Gasteiger partial charge in [-0.15, -0.1) is 0 Å². The average molecular weight is 93.1 g/mol. The maximum absolute atomic E-state index is 11.2. The third-order valence-electron chi connectivity index (χ3n) is 0.768. The van der Waals surface area contributed by atoms with Crippen LogP contribution in [-0.4, -0.2) is 12.0 Å². The topological polar surface area (TPSA) is 19.9 Å². The molecule has 3 heteroatoms. The molecule has 0 aromatic rings. The van der Waals surface area contributed by atoms with E-state index in [2.05, 4.69) is 0 Å². The van der Waals surface area contributed by atoms with Crippen molar-refractivity contribution in [3.05, 3.63) is 0 Å². The Kier molecular flexibility index (Phi) is 0.485. The molecule has 1 rings (SSSR count). The molecule has 35 valence electrons. The predicted octanol–water partition coefficient (Wildman–Crippen LogP) is 0.825. The Morgan fingerprint density at radius 2 is 1.83 bits per heavy atom. The highest BCUT2D eigenvalue weighted by Crippen LogP contribution is 2.41. The molecule has 1 atom stereocenters. The Hall–Kier alpha value is -0.180. The first-order valence-electron chi connectivity index (χ1n) is 1.66. The van der Waals surface area contributed by atoms with Crippen molar-refractivity contribution in [1.82, 2.24) is 0 Å². The van der Waals surface area contributed by atoms with Gasteiger partial charge in [0.25, 0.3) is 5.92 Å². The van der Waals surface area contributed by atoms with Gasteiger partial charge in [0.2, 0.25) is 0 Å². The Morgan fingerprint density at radius 3 is 1.83 bits per heavy atom. The fourth-order valence-electron chi connectivity index (χ4n) is 0.188. The molecule has 0 saturated heterocycles. The molecule has 0 bridgehead atoms. The molecule has 0 aromatic heterocycles. The largest absolute Gasteiger partial charge is 0.279 e. The summed E-state index contributed by atoms with van der Waals surface area (Å²) in [6, 6.07) is 0. The fraction of sp³-hybridized carbons (Fsp3) is 1.00. The lowest BCUT2D eigenvalue weighted by Crippen LogP contribution is -1.93. The summed E-state index contributed by atoms with van der Waals surface area (Å²) in [5.74, 6) is -2.85. The minimum absolute atomic E-state index is 0.451. The zero-order valence-electron chi connectivity index (χ0n) is 2.95. The smallest absolute Gasteiger partial charge is 0.226 e. The second kappa shape index (κ2) is 0.729. The molecule has 0 N–H and O–H groups in total. The lowest BCUT2D eigenvalue weighted by atomic mass is 10.8. The molecule has 0 aliphatic heterocycles. The van der Waals surface area contributed by atoms with Gasteiger partial charge in [-0.3, -0.25) is 0 Å². The van der Waals surface area contributed by atoms with Crippen LogP contribution in [-0.2, 0) is 5.11 Å². The van der Waals surface area contributed by atoms with Crippen LogP contribution in [0.3, 0.4) is 0 Å². The first-order chi connectivity index (χ1) is 2.63. The molecule has 1 radical (unpaired) electrons. The van der Waals surface area contributed by atoms with Crippen LogP contribution in [0.25, 0.3) is 0 Å². The van der Waals surface area contributed by atoms with E-state index in [9.17, 15) is 13.9 Å². The fourth-order valence-corrected chi connectivity index (χ4v) is 0.188. The average Bonchev–Trinajstić information content (AvgIpc) is 1.73. The number of hydrogen-bond acceptors (Lipinski definition) is 0. The molecule has 1 saturated carbocycles. The van der Waals surface area contributed by atoms with Crippen LogP contribution in [0.1, 0.15) is 6.42 Å². The Bertz CT molecular complexity index is 71.2. The molecule has 1 aliphatic rings. The van der Waals surface area contributed by atoms with Crippen LogP contribution in [0.2, 0.25) is 0 Å². The Balaban J connectivity index is 2.41. The quantitative estimate of drug-likeness (QED) is 0.422. The molecule has 0 amide bonds. The highest BCUT2D eigenvalue weighted by molar-refractivity contribution is 4.94. The van der Waals surface area contributed by atoms with E-state index in [1.807, 2.05) is 0 Å². The van der Waals surface area contributed by atoms with E-state index in [1.54, 1.807) is 0 Å². The summed E-state index contributed by atoms with van der Waals surface area (Å²) < 4.78 is 22.4. The van der Waals surface area contributed by atoms with Gasteiger partial charge in [0, 0.05) is 6.42 Å². The summed E-state index contributed by atoms with van der Waals surface area (Å²) in [5.41, 5.74) is 0. The van der Waals surface area contributed by atoms with Gasteiger partial charge >= 0.3 is 0 Å². The van der Waals surface area contributed by atoms with E-state index >= 15 is 0 Å². The number of alkyl halides is 2. The van der Waals surface area contributed by atoms with E-state index in [0.29, 0.717) is 0 Å². The summed E-state index contributed by atoms with van der Waals surface area (Å²) in [5, 5.41) is 9.54. The monoisotopic (exact) mass is 93.0 g/mol. The molecule has 1 aliphatic carbocycles. The molecule has 1 fully saturated rings. The zero-order valence-corrected chi connectivity index (χ0v) is 2.95. The highest BCUT2D eigenvalue weighted by Gasteiger charge is 2.57. The molecular formula is C3H3F2O. The van der Waals surface area contributed by atoms with E-state index in [-0.39, 0.29) is 0 Å². The molecular weight excluding hydrogens is 90.0 g/mol. The number of rotatable bonds is 0. The third kappa shape index (κ3) is 0.391. The SMILES string of the molecule is [O]C1CC1(F)F. The van der Waals surface area contributed by atoms with Crippen molar-refractivity contribution in [2.45, 2.75) is 18.4 Å². The Labute approximate surface area is 33.6 Å². The molecule has 0 aromatic carbocycles. The molecule has 0 heterocycles. The highest BCUT2D eigenvalue weighted by atomic mass is 19.3. The van der Waals surface area contributed by atoms with Crippen LogP contribution < -0.4 is 0 Å². The van der Waals surface area contributed by atoms with Crippen molar-refractivity contribution in [2.24, 2.45) is 0 Å². The van der Waals surface area contributed by atoms with Crippen molar-refractivity contribution in [1.29, 1.82) is 0 Å². The molecule has 6 heavy (non-hydrogen) atoms. The minimum atomic E-state index is -2.85. The van der Waals surface area contributed by atoms with Crippen LogP contribution in [0, 0.1) is 0 Å². The van der Waals surface area contributed by atoms with Gasteiger partial charge in [-0.25, -0.2) is 13.9 Å². The Morgan fingerprint density at radius 1 is 1.67 bits per heavy atom. The standard InChI is InChI=1S/C3H3F2O/c4-3(5)1-2(3)6/h2H,1H2. The summed E-state index contributed by atoms with van der Waals surface area (Å²) in [6.07, 6.45) is -2.04. The van der Waals surface area contributed by atoms with Crippen LogP contribution in [0.4, 0.5) is 8.78 Å². The second-order valence-electron chi connectivity index (χ2n) is 1.45. The van der Waals surface area contributed by atoms with E-state index in [0.717, 1.165) is 0 Å². The van der Waals surface area contributed by atoms with Crippen molar-refractivity contribution in [3.63, 3.8) is 0 Å². The van der Waals surface area contributed by atoms with Gasteiger partial charge in [0.15, 0.2) is 6.10 Å². The molecule has 0 spiro atoms. The van der Waals surface area contributed by atoms with Crippen LogP contribution >= 0.6 is 0 Å². The minimum Gasteiger partial charge on any atom is -0.226 e. The summed E-state index contributed by atoms with van der Waals surface area (Å²) >= 11 is 0. The van der Waals surface area contributed by atoms with Crippen molar-refractivity contribution in [2.75, 3.05) is 0 Å². The van der Waals surface area contributed by atoms with E-state index in [1.165, 1.54) is 0 Å². The second-order valence-corrected chi connectivity index (χ2v) is 1.45.